The summed E-state index contributed by atoms with van der Waals surface area (Å²) in [6.45, 7) is 1.98. The van der Waals surface area contributed by atoms with Crippen molar-refractivity contribution in [3.05, 3.63) is 47.8 Å². The number of imidazole rings is 1. The maximum atomic E-state index is 11.1. The first kappa shape index (κ1) is 16.8. The number of nitrogens with zero attached hydrogens (tertiary/aromatic N) is 2. The van der Waals surface area contributed by atoms with Gasteiger partial charge in [0.05, 0.1) is 32.0 Å². The van der Waals surface area contributed by atoms with Crippen molar-refractivity contribution in [3.63, 3.8) is 0 Å². The summed E-state index contributed by atoms with van der Waals surface area (Å²) in [7, 11) is 3.20. The van der Waals surface area contributed by atoms with Crippen LogP contribution in [0.4, 0.5) is 0 Å². The molecule has 0 aliphatic carbocycles. The van der Waals surface area contributed by atoms with E-state index in [1.165, 1.54) is 0 Å². The quantitative estimate of drug-likeness (QED) is 0.745. The zero-order valence-electron chi connectivity index (χ0n) is 14.4. The Labute approximate surface area is 145 Å². The van der Waals surface area contributed by atoms with E-state index in [4.69, 9.17) is 19.6 Å². The van der Waals surface area contributed by atoms with Crippen LogP contribution in [0.25, 0.3) is 16.9 Å². The number of aryl methyl sites for hydroxylation is 2. The minimum Gasteiger partial charge on any atom is -0.497 e. The van der Waals surface area contributed by atoms with Gasteiger partial charge in [-0.15, -0.1) is 0 Å². The molecular weight excluding hydrogens is 320 g/mol. The molecule has 0 spiro atoms. The highest BCUT2D eigenvalue weighted by molar-refractivity contribution is 5.75. The second-order valence-corrected chi connectivity index (χ2v) is 5.75. The van der Waals surface area contributed by atoms with Gasteiger partial charge in [0.1, 0.15) is 17.1 Å². The summed E-state index contributed by atoms with van der Waals surface area (Å²) in [4.78, 5) is 15.9. The van der Waals surface area contributed by atoms with Gasteiger partial charge in [0, 0.05) is 18.2 Å². The fraction of sp³-hybridized carbons (Fsp3) is 0.263. The van der Waals surface area contributed by atoms with E-state index in [1.54, 1.807) is 14.2 Å². The molecule has 3 aromatic rings. The highest BCUT2D eigenvalue weighted by atomic mass is 16.5. The zero-order valence-corrected chi connectivity index (χ0v) is 14.4. The summed E-state index contributed by atoms with van der Waals surface area (Å²) in [5, 5.41) is 9.11. The third-order valence-electron chi connectivity index (χ3n) is 4.18. The molecule has 0 bridgehead atoms. The van der Waals surface area contributed by atoms with Crippen LogP contribution >= 0.6 is 0 Å². The fourth-order valence-corrected chi connectivity index (χ4v) is 2.93. The zero-order chi connectivity index (χ0) is 18.0. The molecule has 6 heteroatoms. The number of carboxylic acid groups (broad SMARTS) is 1. The molecule has 0 aliphatic heterocycles. The molecule has 25 heavy (non-hydrogen) atoms. The summed E-state index contributed by atoms with van der Waals surface area (Å²) in [6.07, 6.45) is 2.30. The average molecular weight is 340 g/mol. The lowest BCUT2D eigenvalue weighted by molar-refractivity contribution is -0.136. The van der Waals surface area contributed by atoms with E-state index in [2.05, 4.69) is 0 Å². The Kier molecular flexibility index (Phi) is 4.61. The molecule has 0 radical (unpaired) electrons. The van der Waals surface area contributed by atoms with Crippen molar-refractivity contribution in [3.8, 4) is 22.8 Å². The molecule has 2 aromatic heterocycles. The first-order valence-electron chi connectivity index (χ1n) is 7.96. The van der Waals surface area contributed by atoms with E-state index in [9.17, 15) is 4.79 Å². The van der Waals surface area contributed by atoms with E-state index in [1.807, 2.05) is 47.9 Å². The number of fused-ring (bicyclic) bond motifs is 1. The lowest BCUT2D eigenvalue weighted by Crippen LogP contribution is -2.02. The molecule has 0 amide bonds. The maximum Gasteiger partial charge on any atom is 0.303 e. The lowest BCUT2D eigenvalue weighted by atomic mass is 10.1. The van der Waals surface area contributed by atoms with Gasteiger partial charge in [-0.3, -0.25) is 4.79 Å². The van der Waals surface area contributed by atoms with E-state index in [0.29, 0.717) is 23.6 Å². The highest BCUT2D eigenvalue weighted by Gasteiger charge is 2.19. The largest absolute Gasteiger partial charge is 0.497 e. The van der Waals surface area contributed by atoms with Crippen LogP contribution in [0.3, 0.4) is 0 Å². The number of hydrogen-bond acceptors (Lipinski definition) is 4. The maximum absolute atomic E-state index is 11.1. The van der Waals surface area contributed by atoms with Crippen LogP contribution < -0.4 is 9.47 Å². The summed E-state index contributed by atoms with van der Waals surface area (Å²) < 4.78 is 12.8. The second-order valence-electron chi connectivity index (χ2n) is 5.75. The topological polar surface area (TPSA) is 73.1 Å². The van der Waals surface area contributed by atoms with Crippen molar-refractivity contribution < 1.29 is 19.4 Å². The number of methoxy groups -OCH3 is 2. The van der Waals surface area contributed by atoms with E-state index >= 15 is 0 Å². The van der Waals surface area contributed by atoms with Crippen molar-refractivity contribution in [2.24, 2.45) is 0 Å². The van der Waals surface area contributed by atoms with Gasteiger partial charge in [0.2, 0.25) is 0 Å². The average Bonchev–Trinajstić information content (AvgIpc) is 2.99. The van der Waals surface area contributed by atoms with Crippen LogP contribution in [0, 0.1) is 6.92 Å². The van der Waals surface area contributed by atoms with E-state index in [0.717, 1.165) is 22.5 Å². The van der Waals surface area contributed by atoms with Gasteiger partial charge in [-0.25, -0.2) is 4.98 Å². The monoisotopic (exact) mass is 340 g/mol. The Hall–Kier alpha value is -3.02. The number of carboxylic acids is 1. The Morgan fingerprint density at radius 2 is 2.04 bits per heavy atom. The highest BCUT2D eigenvalue weighted by Crippen LogP contribution is 2.36. The Morgan fingerprint density at radius 1 is 1.24 bits per heavy atom. The number of carbonyl (C=O) groups is 1. The van der Waals surface area contributed by atoms with Gasteiger partial charge in [-0.05, 0) is 36.8 Å². The van der Waals surface area contributed by atoms with Crippen LogP contribution in [-0.2, 0) is 11.2 Å². The van der Waals surface area contributed by atoms with Crippen molar-refractivity contribution in [1.29, 1.82) is 0 Å². The molecule has 0 atom stereocenters. The molecule has 3 rings (SSSR count). The molecule has 0 aliphatic rings. The fourth-order valence-electron chi connectivity index (χ4n) is 2.93. The van der Waals surface area contributed by atoms with Crippen molar-refractivity contribution in [2.45, 2.75) is 19.8 Å². The lowest BCUT2D eigenvalue weighted by Gasteiger charge is -2.10. The number of benzene rings is 1. The Bertz CT molecular complexity index is 931. The van der Waals surface area contributed by atoms with Gasteiger partial charge < -0.3 is 19.0 Å². The standard InChI is InChI=1S/C19H20N2O4/c1-12-5-4-10-21-15(7-9-17(22)23)18(20-19(12)21)14-11-13(24-2)6-8-16(14)25-3/h4-6,8,10-11H,7,9H2,1-3H3,(H,22,23). The molecular formula is C19H20N2O4. The van der Waals surface area contributed by atoms with Crippen LogP contribution in [0.1, 0.15) is 17.7 Å². The third-order valence-corrected chi connectivity index (χ3v) is 4.18. The molecule has 6 nitrogen and oxygen atoms in total. The molecule has 2 heterocycles. The summed E-state index contributed by atoms with van der Waals surface area (Å²) in [6, 6.07) is 9.42. The van der Waals surface area contributed by atoms with Gasteiger partial charge >= 0.3 is 5.97 Å². The summed E-state index contributed by atoms with van der Waals surface area (Å²) in [5.41, 5.74) is 4.17. The SMILES string of the molecule is COc1ccc(OC)c(-c2nc3c(C)cccn3c2CCC(=O)O)c1. The van der Waals surface area contributed by atoms with Crippen LogP contribution in [-0.4, -0.2) is 34.7 Å². The summed E-state index contributed by atoms with van der Waals surface area (Å²) >= 11 is 0. The van der Waals surface area contributed by atoms with Gasteiger partial charge in [-0.1, -0.05) is 6.07 Å². The third kappa shape index (κ3) is 3.15. The smallest absolute Gasteiger partial charge is 0.303 e. The minimum atomic E-state index is -0.842. The molecule has 0 unspecified atom stereocenters. The molecule has 0 fully saturated rings. The number of rotatable bonds is 6. The predicted molar refractivity (Wildman–Crippen MR) is 94.4 cm³/mol. The molecule has 0 saturated carbocycles. The number of aliphatic carboxylic acids is 1. The first-order chi connectivity index (χ1) is 12.0. The van der Waals surface area contributed by atoms with E-state index < -0.39 is 5.97 Å². The second kappa shape index (κ2) is 6.84. The first-order valence-corrected chi connectivity index (χ1v) is 7.96. The Balaban J connectivity index is 2.26. The van der Waals surface area contributed by atoms with Gasteiger partial charge in [-0.2, -0.15) is 0 Å². The number of aromatic nitrogens is 2. The predicted octanol–water partition coefficient (Wildman–Crippen LogP) is 3.34. The van der Waals surface area contributed by atoms with Crippen LogP contribution in [0.2, 0.25) is 0 Å². The number of hydrogen-bond donors (Lipinski definition) is 1. The molecule has 1 aromatic carbocycles. The number of pyridine rings is 1. The van der Waals surface area contributed by atoms with Crippen molar-refractivity contribution in [2.75, 3.05) is 14.2 Å². The van der Waals surface area contributed by atoms with E-state index in [-0.39, 0.29) is 6.42 Å². The van der Waals surface area contributed by atoms with Crippen LogP contribution in [0.15, 0.2) is 36.5 Å². The Morgan fingerprint density at radius 3 is 2.72 bits per heavy atom. The van der Waals surface area contributed by atoms with Crippen LogP contribution in [0.5, 0.6) is 11.5 Å². The van der Waals surface area contributed by atoms with Crippen molar-refractivity contribution in [1.82, 2.24) is 9.38 Å². The molecule has 0 saturated heterocycles. The molecule has 1 N–H and O–H groups in total. The van der Waals surface area contributed by atoms with Crippen molar-refractivity contribution >= 4 is 11.6 Å². The summed E-state index contributed by atoms with van der Waals surface area (Å²) in [5.74, 6) is 0.512. The number of ether oxygens (including phenoxy) is 2. The van der Waals surface area contributed by atoms with Gasteiger partial charge in [0.25, 0.3) is 0 Å². The minimum absolute atomic E-state index is 0.0288. The normalized spacial score (nSPS) is 10.8. The molecule has 130 valence electrons. The van der Waals surface area contributed by atoms with Gasteiger partial charge in [0.15, 0.2) is 0 Å².